The summed E-state index contributed by atoms with van der Waals surface area (Å²) in [5.41, 5.74) is 0.242. The van der Waals surface area contributed by atoms with E-state index in [9.17, 15) is 9.59 Å². The monoisotopic (exact) mass is 257 g/mol. The van der Waals surface area contributed by atoms with Gasteiger partial charge in [-0.05, 0) is 32.0 Å². The molecule has 0 bridgehead atoms. The lowest BCUT2D eigenvalue weighted by molar-refractivity contribution is 0.0696. The number of rotatable bonds is 3. The molecule has 17 heavy (non-hydrogen) atoms. The number of carboxylic acids is 1. The smallest absolute Gasteiger partial charge is 0.411 e. The Bertz CT molecular complexity index is 445. The van der Waals surface area contributed by atoms with E-state index in [1.165, 1.54) is 18.2 Å². The molecule has 92 valence electrons. The molecule has 1 rings (SSSR count). The number of benzene rings is 1. The largest absolute Gasteiger partial charge is 0.478 e. The molecule has 6 heteroatoms. The minimum absolute atomic E-state index is 0.0363. The number of hydrogen-bond acceptors (Lipinski definition) is 3. The number of halogens is 1. The van der Waals surface area contributed by atoms with Crippen LogP contribution in [0.25, 0.3) is 0 Å². The van der Waals surface area contributed by atoms with Crippen LogP contribution in [0.4, 0.5) is 10.5 Å². The maximum absolute atomic E-state index is 11.3. The second kappa shape index (κ2) is 5.54. The zero-order valence-electron chi connectivity index (χ0n) is 9.36. The quantitative estimate of drug-likeness (QED) is 0.873. The summed E-state index contributed by atoms with van der Waals surface area (Å²) in [5.74, 6) is -1.10. The molecule has 0 aliphatic heterocycles. The van der Waals surface area contributed by atoms with Crippen LogP contribution in [0.2, 0.25) is 5.02 Å². The van der Waals surface area contributed by atoms with Crippen LogP contribution in [0.15, 0.2) is 18.2 Å². The van der Waals surface area contributed by atoms with Gasteiger partial charge in [0.15, 0.2) is 0 Å². The second-order valence-corrected chi connectivity index (χ2v) is 3.99. The average Bonchev–Trinajstić information content (AvgIpc) is 2.19. The fraction of sp³-hybridized carbons (Fsp3) is 0.273. The van der Waals surface area contributed by atoms with E-state index < -0.39 is 12.1 Å². The van der Waals surface area contributed by atoms with Crippen molar-refractivity contribution >= 4 is 29.4 Å². The number of carbonyl (C=O) groups is 2. The molecule has 0 radical (unpaired) electrons. The lowest BCUT2D eigenvalue weighted by atomic mass is 10.2. The van der Waals surface area contributed by atoms with Crippen molar-refractivity contribution in [1.82, 2.24) is 0 Å². The predicted octanol–water partition coefficient (Wildman–Crippen LogP) is 3.00. The van der Waals surface area contributed by atoms with Crippen molar-refractivity contribution in [1.29, 1.82) is 0 Å². The van der Waals surface area contributed by atoms with Gasteiger partial charge in [0.25, 0.3) is 0 Å². The van der Waals surface area contributed by atoms with Gasteiger partial charge in [0.1, 0.15) is 0 Å². The van der Waals surface area contributed by atoms with Crippen molar-refractivity contribution in [3.05, 3.63) is 28.8 Å². The number of nitrogens with one attached hydrogen (secondary N) is 1. The van der Waals surface area contributed by atoms with Gasteiger partial charge in [-0.15, -0.1) is 0 Å². The van der Waals surface area contributed by atoms with Crippen molar-refractivity contribution in [2.45, 2.75) is 20.0 Å². The molecule has 0 aromatic heterocycles. The van der Waals surface area contributed by atoms with Gasteiger partial charge in [0, 0.05) is 0 Å². The van der Waals surface area contributed by atoms with E-state index in [-0.39, 0.29) is 22.4 Å². The Morgan fingerprint density at radius 3 is 2.59 bits per heavy atom. The summed E-state index contributed by atoms with van der Waals surface area (Å²) in [7, 11) is 0. The summed E-state index contributed by atoms with van der Waals surface area (Å²) in [5, 5.41) is 11.4. The van der Waals surface area contributed by atoms with Gasteiger partial charge in [-0.1, -0.05) is 11.6 Å². The first kappa shape index (κ1) is 13.3. The molecular weight excluding hydrogens is 246 g/mol. The third-order valence-corrected chi connectivity index (χ3v) is 2.12. The Balaban J connectivity index is 2.86. The SMILES string of the molecule is CC(C)OC(=O)Nc1cc(C(=O)O)ccc1Cl. The maximum Gasteiger partial charge on any atom is 0.411 e. The molecule has 0 unspecified atom stereocenters. The van der Waals surface area contributed by atoms with E-state index in [1.807, 2.05) is 0 Å². The highest BCUT2D eigenvalue weighted by molar-refractivity contribution is 6.33. The summed E-state index contributed by atoms with van der Waals surface area (Å²) in [6, 6.07) is 4.02. The molecule has 0 atom stereocenters. The third kappa shape index (κ3) is 3.96. The summed E-state index contributed by atoms with van der Waals surface area (Å²) in [4.78, 5) is 22.1. The Morgan fingerprint density at radius 1 is 1.41 bits per heavy atom. The van der Waals surface area contributed by atoms with Crippen molar-refractivity contribution in [3.63, 3.8) is 0 Å². The second-order valence-electron chi connectivity index (χ2n) is 3.58. The highest BCUT2D eigenvalue weighted by Gasteiger charge is 2.11. The molecule has 0 aliphatic carbocycles. The first-order chi connectivity index (χ1) is 7.90. The van der Waals surface area contributed by atoms with Crippen molar-refractivity contribution in [3.8, 4) is 0 Å². The molecule has 0 spiro atoms. The van der Waals surface area contributed by atoms with Crippen LogP contribution in [0.5, 0.6) is 0 Å². The molecule has 5 nitrogen and oxygen atoms in total. The van der Waals surface area contributed by atoms with Crippen molar-refractivity contribution in [2.75, 3.05) is 5.32 Å². The van der Waals surface area contributed by atoms with E-state index in [0.29, 0.717) is 0 Å². The van der Waals surface area contributed by atoms with E-state index >= 15 is 0 Å². The molecule has 1 aromatic rings. The van der Waals surface area contributed by atoms with Crippen LogP contribution in [-0.4, -0.2) is 23.3 Å². The van der Waals surface area contributed by atoms with E-state index in [0.717, 1.165) is 0 Å². The zero-order chi connectivity index (χ0) is 13.0. The number of hydrogen-bond donors (Lipinski definition) is 2. The summed E-state index contributed by atoms with van der Waals surface area (Å²) >= 11 is 5.82. The first-order valence-corrected chi connectivity index (χ1v) is 5.28. The van der Waals surface area contributed by atoms with Gasteiger partial charge >= 0.3 is 12.1 Å². The topological polar surface area (TPSA) is 75.6 Å². The highest BCUT2D eigenvalue weighted by Crippen LogP contribution is 2.23. The Hall–Kier alpha value is -1.75. The van der Waals surface area contributed by atoms with Crippen LogP contribution in [0.3, 0.4) is 0 Å². The molecule has 0 aliphatic rings. The molecular formula is C11H12ClNO4. The molecule has 0 fully saturated rings. The number of ether oxygens (including phenoxy) is 1. The molecule has 0 heterocycles. The van der Waals surface area contributed by atoms with E-state index in [2.05, 4.69) is 5.32 Å². The summed E-state index contributed by atoms with van der Waals surface area (Å²) < 4.78 is 4.85. The van der Waals surface area contributed by atoms with Crippen LogP contribution in [0, 0.1) is 0 Å². The fourth-order valence-electron chi connectivity index (χ4n) is 1.11. The number of carboxylic acid groups (broad SMARTS) is 1. The molecule has 0 saturated heterocycles. The number of aromatic carboxylic acids is 1. The number of anilines is 1. The van der Waals surface area contributed by atoms with E-state index in [4.69, 9.17) is 21.4 Å². The zero-order valence-corrected chi connectivity index (χ0v) is 10.1. The van der Waals surface area contributed by atoms with Gasteiger partial charge in [-0.3, -0.25) is 5.32 Å². The van der Waals surface area contributed by atoms with Gasteiger partial charge in [-0.25, -0.2) is 9.59 Å². The molecule has 2 N–H and O–H groups in total. The van der Waals surface area contributed by atoms with Crippen molar-refractivity contribution in [2.24, 2.45) is 0 Å². The van der Waals surface area contributed by atoms with Gasteiger partial charge in [0.05, 0.1) is 22.4 Å². The van der Waals surface area contributed by atoms with Crippen LogP contribution >= 0.6 is 11.6 Å². The maximum atomic E-state index is 11.3. The summed E-state index contributed by atoms with van der Waals surface area (Å²) in [6.07, 6.45) is -0.944. The van der Waals surface area contributed by atoms with Gasteiger partial charge < -0.3 is 9.84 Å². The lowest BCUT2D eigenvalue weighted by Crippen LogP contribution is -2.18. The normalized spacial score (nSPS) is 10.1. The average molecular weight is 258 g/mol. The number of amides is 1. The highest BCUT2D eigenvalue weighted by atomic mass is 35.5. The molecule has 1 amide bonds. The Kier molecular flexibility index (Phi) is 4.34. The van der Waals surface area contributed by atoms with Crippen LogP contribution < -0.4 is 5.32 Å². The number of carbonyl (C=O) groups excluding carboxylic acids is 1. The van der Waals surface area contributed by atoms with E-state index in [1.54, 1.807) is 13.8 Å². The minimum atomic E-state index is -1.10. The first-order valence-electron chi connectivity index (χ1n) is 4.90. The Morgan fingerprint density at radius 2 is 2.06 bits per heavy atom. The Labute approximate surface area is 103 Å². The molecule has 1 aromatic carbocycles. The fourth-order valence-corrected chi connectivity index (χ4v) is 1.27. The third-order valence-electron chi connectivity index (χ3n) is 1.79. The van der Waals surface area contributed by atoms with Crippen molar-refractivity contribution < 1.29 is 19.4 Å². The van der Waals surface area contributed by atoms with Gasteiger partial charge in [0.2, 0.25) is 0 Å². The lowest BCUT2D eigenvalue weighted by Gasteiger charge is -2.11. The predicted molar refractivity (Wildman–Crippen MR) is 63.7 cm³/mol. The molecule has 0 saturated carbocycles. The summed E-state index contributed by atoms with van der Waals surface area (Å²) in [6.45, 7) is 3.41. The standard InChI is InChI=1S/C11H12ClNO4/c1-6(2)17-11(16)13-9-5-7(10(14)15)3-4-8(9)12/h3-6H,1-2H3,(H,13,16)(H,14,15). The van der Waals surface area contributed by atoms with Crippen LogP contribution in [-0.2, 0) is 4.74 Å². The van der Waals surface area contributed by atoms with Crippen LogP contribution in [0.1, 0.15) is 24.2 Å². The minimum Gasteiger partial charge on any atom is -0.478 e. The van der Waals surface area contributed by atoms with Gasteiger partial charge in [-0.2, -0.15) is 0 Å².